The zero-order valence-electron chi connectivity index (χ0n) is 7.49. The van der Waals surface area contributed by atoms with Crippen LogP contribution in [-0.4, -0.2) is 28.8 Å². The smallest absolute Gasteiger partial charge is 0.163 e. The number of aromatic nitrogens is 2. The number of hydrogen-bond donors (Lipinski definition) is 1. The van der Waals surface area contributed by atoms with E-state index in [1.54, 1.807) is 13.0 Å². The van der Waals surface area contributed by atoms with Crippen LogP contribution in [0.5, 0.6) is 0 Å². The minimum Gasteiger partial charge on any atom is -0.381 e. The number of aliphatic hydroxyl groups is 1. The lowest BCUT2D eigenvalue weighted by atomic mass is 10.1. The molecule has 4 nitrogen and oxygen atoms in total. The predicted molar refractivity (Wildman–Crippen MR) is 48.5 cm³/mol. The molecule has 0 spiro atoms. The maximum Gasteiger partial charge on any atom is 0.163 e. The van der Waals surface area contributed by atoms with Gasteiger partial charge in [-0.05, 0) is 13.0 Å². The topological polar surface area (TPSA) is 55.2 Å². The van der Waals surface area contributed by atoms with Crippen LogP contribution in [0.4, 0.5) is 0 Å². The van der Waals surface area contributed by atoms with E-state index in [0.717, 1.165) is 0 Å². The molecule has 0 saturated carbocycles. The lowest BCUT2D eigenvalue weighted by molar-refractivity contribution is -0.0273. The molecule has 1 N–H and O–H groups in total. The Morgan fingerprint density at radius 1 is 1.69 bits per heavy atom. The molecule has 0 aromatic carbocycles. The summed E-state index contributed by atoms with van der Waals surface area (Å²) >= 11 is 5.65. The van der Waals surface area contributed by atoms with Gasteiger partial charge in [0.05, 0.1) is 6.61 Å². The molecule has 13 heavy (non-hydrogen) atoms. The molecule has 0 aliphatic rings. The van der Waals surface area contributed by atoms with Crippen molar-refractivity contribution in [2.24, 2.45) is 0 Å². The largest absolute Gasteiger partial charge is 0.381 e. The van der Waals surface area contributed by atoms with Gasteiger partial charge in [0.15, 0.2) is 5.82 Å². The van der Waals surface area contributed by atoms with Crippen molar-refractivity contribution in [3.8, 4) is 0 Å². The summed E-state index contributed by atoms with van der Waals surface area (Å²) in [5.41, 5.74) is -1.19. The van der Waals surface area contributed by atoms with E-state index in [2.05, 4.69) is 9.97 Å². The Balaban J connectivity index is 2.93. The van der Waals surface area contributed by atoms with Gasteiger partial charge in [-0.3, -0.25) is 0 Å². The Bertz CT molecular complexity index is 291. The van der Waals surface area contributed by atoms with Crippen molar-refractivity contribution >= 4 is 11.6 Å². The van der Waals surface area contributed by atoms with Gasteiger partial charge in [-0.1, -0.05) is 11.6 Å². The molecule has 0 amide bonds. The monoisotopic (exact) mass is 202 g/mol. The third kappa shape index (κ3) is 2.62. The van der Waals surface area contributed by atoms with Gasteiger partial charge >= 0.3 is 0 Å². The van der Waals surface area contributed by atoms with Crippen LogP contribution >= 0.6 is 11.6 Å². The van der Waals surface area contributed by atoms with Crippen LogP contribution in [0.25, 0.3) is 0 Å². The molecule has 0 aliphatic carbocycles. The van der Waals surface area contributed by atoms with Gasteiger partial charge in [0, 0.05) is 13.3 Å². The van der Waals surface area contributed by atoms with Gasteiger partial charge in [-0.25, -0.2) is 9.97 Å². The van der Waals surface area contributed by atoms with Crippen LogP contribution in [0, 0.1) is 0 Å². The number of methoxy groups -OCH3 is 1. The predicted octanol–water partition coefficient (Wildman–Crippen LogP) is 0.984. The molecule has 1 aromatic rings. The molecule has 0 radical (unpaired) electrons. The summed E-state index contributed by atoms with van der Waals surface area (Å²) < 4.78 is 4.83. The van der Waals surface area contributed by atoms with E-state index in [1.807, 2.05) is 0 Å². The number of ether oxygens (including phenoxy) is 1. The van der Waals surface area contributed by atoms with Crippen molar-refractivity contribution in [2.45, 2.75) is 12.5 Å². The Morgan fingerprint density at radius 3 is 2.92 bits per heavy atom. The summed E-state index contributed by atoms with van der Waals surface area (Å²) in [5.74, 6) is 0.266. The van der Waals surface area contributed by atoms with E-state index < -0.39 is 5.60 Å². The highest BCUT2D eigenvalue weighted by Crippen LogP contribution is 2.17. The third-order valence-electron chi connectivity index (χ3n) is 1.53. The number of rotatable bonds is 3. The minimum absolute atomic E-state index is 0.132. The van der Waals surface area contributed by atoms with E-state index in [4.69, 9.17) is 16.3 Å². The zero-order valence-corrected chi connectivity index (χ0v) is 8.25. The van der Waals surface area contributed by atoms with E-state index in [0.29, 0.717) is 5.15 Å². The highest BCUT2D eigenvalue weighted by atomic mass is 35.5. The first-order valence-electron chi connectivity index (χ1n) is 3.76. The molecule has 0 bridgehead atoms. The van der Waals surface area contributed by atoms with Gasteiger partial charge in [0.25, 0.3) is 0 Å². The van der Waals surface area contributed by atoms with Crippen molar-refractivity contribution in [1.29, 1.82) is 0 Å². The molecular formula is C8H11ClN2O2. The maximum atomic E-state index is 9.80. The summed E-state index contributed by atoms with van der Waals surface area (Å²) in [6, 6.07) is 1.55. The van der Waals surface area contributed by atoms with Crippen molar-refractivity contribution in [1.82, 2.24) is 9.97 Å². The van der Waals surface area contributed by atoms with E-state index in [-0.39, 0.29) is 12.4 Å². The summed E-state index contributed by atoms with van der Waals surface area (Å²) in [6.07, 6.45) is 1.49. The minimum atomic E-state index is -1.19. The summed E-state index contributed by atoms with van der Waals surface area (Å²) in [5, 5.41) is 10.1. The van der Waals surface area contributed by atoms with Crippen LogP contribution in [0.3, 0.4) is 0 Å². The fraction of sp³-hybridized carbons (Fsp3) is 0.500. The van der Waals surface area contributed by atoms with Gasteiger partial charge in [-0.2, -0.15) is 0 Å². The highest BCUT2D eigenvalue weighted by molar-refractivity contribution is 6.29. The second-order valence-electron chi connectivity index (χ2n) is 2.91. The fourth-order valence-electron chi connectivity index (χ4n) is 0.942. The molecule has 1 heterocycles. The third-order valence-corrected chi connectivity index (χ3v) is 1.74. The Morgan fingerprint density at radius 2 is 2.38 bits per heavy atom. The van der Waals surface area contributed by atoms with Crippen LogP contribution in [0.1, 0.15) is 12.7 Å². The van der Waals surface area contributed by atoms with Crippen molar-refractivity contribution in [3.05, 3.63) is 23.2 Å². The summed E-state index contributed by atoms with van der Waals surface area (Å²) in [7, 11) is 1.50. The molecule has 1 aromatic heterocycles. The Labute approximate surface area is 81.5 Å². The SMILES string of the molecule is COCC(C)(O)c1nccc(Cl)n1. The molecule has 1 unspecified atom stereocenters. The van der Waals surface area contributed by atoms with Crippen LogP contribution in [-0.2, 0) is 10.3 Å². The van der Waals surface area contributed by atoms with Crippen molar-refractivity contribution in [2.75, 3.05) is 13.7 Å². The average molecular weight is 203 g/mol. The average Bonchev–Trinajstić information content (AvgIpc) is 2.04. The molecule has 72 valence electrons. The van der Waals surface area contributed by atoms with Gasteiger partial charge in [0.1, 0.15) is 10.8 Å². The number of nitrogens with zero attached hydrogens (tertiary/aromatic N) is 2. The van der Waals surface area contributed by atoms with Gasteiger partial charge in [-0.15, -0.1) is 0 Å². The molecule has 0 fully saturated rings. The first kappa shape index (κ1) is 10.4. The summed E-state index contributed by atoms with van der Waals surface area (Å²) in [4.78, 5) is 7.79. The molecule has 1 atom stereocenters. The normalized spacial score (nSPS) is 15.4. The maximum absolute atomic E-state index is 9.80. The molecule has 1 rings (SSSR count). The van der Waals surface area contributed by atoms with Crippen LogP contribution < -0.4 is 0 Å². The van der Waals surface area contributed by atoms with Crippen LogP contribution in [0.15, 0.2) is 12.3 Å². The van der Waals surface area contributed by atoms with Crippen LogP contribution in [0.2, 0.25) is 5.15 Å². The second kappa shape index (κ2) is 4.00. The first-order chi connectivity index (χ1) is 6.06. The first-order valence-corrected chi connectivity index (χ1v) is 4.14. The molecule has 0 saturated heterocycles. The van der Waals surface area contributed by atoms with Crippen molar-refractivity contribution < 1.29 is 9.84 Å². The summed E-state index contributed by atoms with van der Waals surface area (Å²) in [6.45, 7) is 1.70. The quantitative estimate of drug-likeness (QED) is 0.743. The van der Waals surface area contributed by atoms with Gasteiger partial charge in [0.2, 0.25) is 0 Å². The van der Waals surface area contributed by atoms with Gasteiger partial charge < -0.3 is 9.84 Å². The Hall–Kier alpha value is -0.710. The lowest BCUT2D eigenvalue weighted by Crippen LogP contribution is -2.29. The molecular weight excluding hydrogens is 192 g/mol. The Kier molecular flexibility index (Phi) is 3.19. The van der Waals surface area contributed by atoms with Crippen molar-refractivity contribution in [3.63, 3.8) is 0 Å². The lowest BCUT2D eigenvalue weighted by Gasteiger charge is -2.19. The highest BCUT2D eigenvalue weighted by Gasteiger charge is 2.26. The molecule has 0 aliphatic heterocycles. The van der Waals surface area contributed by atoms with E-state index >= 15 is 0 Å². The number of hydrogen-bond acceptors (Lipinski definition) is 4. The second-order valence-corrected chi connectivity index (χ2v) is 3.30. The van der Waals surface area contributed by atoms with E-state index in [9.17, 15) is 5.11 Å². The fourth-order valence-corrected chi connectivity index (χ4v) is 1.08. The standard InChI is InChI=1S/C8H11ClN2O2/c1-8(12,5-13-2)7-10-4-3-6(9)11-7/h3-4,12H,5H2,1-2H3. The van der Waals surface area contributed by atoms with E-state index in [1.165, 1.54) is 13.3 Å². The number of halogens is 1. The zero-order chi connectivity index (χ0) is 9.90. The molecule has 5 heteroatoms.